The highest BCUT2D eigenvalue weighted by atomic mass is 32.1. The lowest BCUT2D eigenvalue weighted by Gasteiger charge is -2.01. The maximum absolute atomic E-state index is 4.65. The van der Waals surface area contributed by atoms with Gasteiger partial charge in [0.05, 0.1) is 11.4 Å². The van der Waals surface area contributed by atoms with Gasteiger partial charge >= 0.3 is 0 Å². The van der Waals surface area contributed by atoms with Crippen molar-refractivity contribution in [2.75, 3.05) is 0 Å². The molecular weight excluding hydrogens is 320 g/mol. The number of rotatable bonds is 4. The number of aryl methyl sites for hydroxylation is 3. The molecule has 116 valence electrons. The standard InChI is InChI=1S/C19H18N2S2/c1-13-4-5-16(20-11-18-14(2)6-8-22-18)10-17(13)21-12-19-15(3)7-9-23-19/h4-12H,1-3H3. The second kappa shape index (κ2) is 7.02. The lowest BCUT2D eigenvalue weighted by molar-refractivity contribution is 1.38. The molecule has 3 rings (SSSR count). The smallest absolute Gasteiger partial charge is 0.0680 e. The normalized spacial score (nSPS) is 11.8. The average molecular weight is 339 g/mol. The highest BCUT2D eigenvalue weighted by Gasteiger charge is 2.01. The molecule has 0 unspecified atom stereocenters. The number of benzene rings is 1. The molecule has 2 aromatic heterocycles. The van der Waals surface area contributed by atoms with Gasteiger partial charge in [0.1, 0.15) is 0 Å². The summed E-state index contributed by atoms with van der Waals surface area (Å²) in [5.74, 6) is 0. The van der Waals surface area contributed by atoms with Gasteiger partial charge in [-0.15, -0.1) is 22.7 Å². The summed E-state index contributed by atoms with van der Waals surface area (Å²) in [5, 5.41) is 4.18. The third kappa shape index (κ3) is 3.84. The van der Waals surface area contributed by atoms with E-state index in [4.69, 9.17) is 0 Å². The fraction of sp³-hybridized carbons (Fsp3) is 0.158. The van der Waals surface area contributed by atoms with Gasteiger partial charge in [0.15, 0.2) is 0 Å². The van der Waals surface area contributed by atoms with Gasteiger partial charge < -0.3 is 0 Å². The third-order valence-electron chi connectivity index (χ3n) is 3.65. The van der Waals surface area contributed by atoms with Crippen molar-refractivity contribution in [3.8, 4) is 0 Å². The Bertz CT molecular complexity index is 869. The third-order valence-corrected chi connectivity index (χ3v) is 5.55. The molecule has 2 heterocycles. The first kappa shape index (κ1) is 15.8. The van der Waals surface area contributed by atoms with Crippen LogP contribution >= 0.6 is 22.7 Å². The van der Waals surface area contributed by atoms with E-state index in [9.17, 15) is 0 Å². The molecule has 0 spiro atoms. The Morgan fingerprint density at radius 3 is 1.91 bits per heavy atom. The summed E-state index contributed by atoms with van der Waals surface area (Å²) < 4.78 is 0. The Morgan fingerprint density at radius 1 is 0.739 bits per heavy atom. The zero-order valence-corrected chi connectivity index (χ0v) is 15.0. The summed E-state index contributed by atoms with van der Waals surface area (Å²) in [6.45, 7) is 6.28. The summed E-state index contributed by atoms with van der Waals surface area (Å²) in [7, 11) is 0. The van der Waals surface area contributed by atoms with Crippen LogP contribution in [0.3, 0.4) is 0 Å². The minimum atomic E-state index is 0.929. The quantitative estimate of drug-likeness (QED) is 0.503. The first-order valence-corrected chi connectivity index (χ1v) is 9.16. The number of hydrogen-bond donors (Lipinski definition) is 0. The summed E-state index contributed by atoms with van der Waals surface area (Å²) >= 11 is 3.42. The van der Waals surface area contributed by atoms with Crippen LogP contribution in [0.5, 0.6) is 0 Å². The summed E-state index contributed by atoms with van der Waals surface area (Å²) in [6, 6.07) is 10.4. The number of aliphatic imine (C=N–C) groups is 2. The van der Waals surface area contributed by atoms with Gasteiger partial charge in [-0.05, 0) is 72.5 Å². The van der Waals surface area contributed by atoms with Crippen LogP contribution in [0.2, 0.25) is 0 Å². The molecule has 1 aromatic carbocycles. The van der Waals surface area contributed by atoms with Crippen molar-refractivity contribution >= 4 is 46.5 Å². The molecule has 0 aliphatic heterocycles. The molecule has 0 radical (unpaired) electrons. The van der Waals surface area contributed by atoms with Crippen molar-refractivity contribution < 1.29 is 0 Å². The van der Waals surface area contributed by atoms with E-state index in [1.54, 1.807) is 22.7 Å². The van der Waals surface area contributed by atoms with Gasteiger partial charge in [-0.25, -0.2) is 0 Å². The topological polar surface area (TPSA) is 24.7 Å². The summed E-state index contributed by atoms with van der Waals surface area (Å²) in [4.78, 5) is 11.6. The van der Waals surface area contributed by atoms with Crippen molar-refractivity contribution in [2.45, 2.75) is 20.8 Å². The van der Waals surface area contributed by atoms with E-state index in [0.29, 0.717) is 0 Å². The van der Waals surface area contributed by atoms with Crippen molar-refractivity contribution in [3.63, 3.8) is 0 Å². The predicted molar refractivity (Wildman–Crippen MR) is 104 cm³/mol. The van der Waals surface area contributed by atoms with Crippen LogP contribution in [-0.2, 0) is 0 Å². The fourth-order valence-electron chi connectivity index (χ4n) is 2.11. The van der Waals surface area contributed by atoms with E-state index >= 15 is 0 Å². The highest BCUT2D eigenvalue weighted by Crippen LogP contribution is 2.26. The SMILES string of the molecule is Cc1ccc(N=Cc2sccc2C)cc1N=Cc1sccc1C. The van der Waals surface area contributed by atoms with Crippen molar-refractivity contribution in [2.24, 2.45) is 9.98 Å². The van der Waals surface area contributed by atoms with Gasteiger partial charge in [0.2, 0.25) is 0 Å². The van der Waals surface area contributed by atoms with Crippen LogP contribution in [0.15, 0.2) is 51.1 Å². The van der Waals surface area contributed by atoms with E-state index in [2.05, 4.69) is 59.7 Å². The van der Waals surface area contributed by atoms with E-state index in [-0.39, 0.29) is 0 Å². The first-order chi connectivity index (χ1) is 11.1. The maximum Gasteiger partial charge on any atom is 0.0680 e. The lowest BCUT2D eigenvalue weighted by atomic mass is 10.2. The van der Waals surface area contributed by atoms with Crippen molar-refractivity contribution in [3.05, 3.63) is 67.5 Å². The second-order valence-electron chi connectivity index (χ2n) is 5.42. The predicted octanol–water partition coefficient (Wildman–Crippen LogP) is 6.24. The Hall–Kier alpha value is -2.04. The molecule has 0 fully saturated rings. The largest absolute Gasteiger partial charge is 0.255 e. The average Bonchev–Trinajstić information content (AvgIpc) is 3.13. The molecule has 0 saturated carbocycles. The Kier molecular flexibility index (Phi) is 4.84. The first-order valence-electron chi connectivity index (χ1n) is 7.40. The van der Waals surface area contributed by atoms with Crippen LogP contribution in [0, 0.1) is 20.8 Å². The van der Waals surface area contributed by atoms with Gasteiger partial charge in [-0.2, -0.15) is 0 Å². The van der Waals surface area contributed by atoms with E-state index in [1.807, 2.05) is 24.6 Å². The molecule has 0 atom stereocenters. The van der Waals surface area contributed by atoms with Crippen molar-refractivity contribution in [1.29, 1.82) is 0 Å². The van der Waals surface area contributed by atoms with Gasteiger partial charge in [-0.3, -0.25) is 9.98 Å². The van der Waals surface area contributed by atoms with Crippen LogP contribution in [-0.4, -0.2) is 12.4 Å². The highest BCUT2D eigenvalue weighted by molar-refractivity contribution is 7.12. The van der Waals surface area contributed by atoms with Gasteiger partial charge in [-0.1, -0.05) is 6.07 Å². The molecular formula is C19H18N2S2. The molecule has 0 saturated heterocycles. The second-order valence-corrected chi connectivity index (χ2v) is 7.32. The molecule has 23 heavy (non-hydrogen) atoms. The van der Waals surface area contributed by atoms with Crippen molar-refractivity contribution in [1.82, 2.24) is 0 Å². The number of hydrogen-bond acceptors (Lipinski definition) is 4. The van der Waals surface area contributed by atoms with Gasteiger partial charge in [0, 0.05) is 22.2 Å². The van der Waals surface area contributed by atoms with Crippen LogP contribution < -0.4 is 0 Å². The van der Waals surface area contributed by atoms with E-state index in [0.717, 1.165) is 16.9 Å². The molecule has 0 N–H and O–H groups in total. The molecule has 3 aromatic rings. The maximum atomic E-state index is 4.65. The zero-order chi connectivity index (χ0) is 16.2. The fourth-order valence-corrected chi connectivity index (χ4v) is 3.68. The molecule has 2 nitrogen and oxygen atoms in total. The minimum absolute atomic E-state index is 0.929. The van der Waals surface area contributed by atoms with Crippen LogP contribution in [0.25, 0.3) is 0 Å². The molecule has 4 heteroatoms. The monoisotopic (exact) mass is 338 g/mol. The zero-order valence-electron chi connectivity index (χ0n) is 13.4. The van der Waals surface area contributed by atoms with E-state index in [1.165, 1.54) is 20.9 Å². The number of nitrogens with zero attached hydrogens (tertiary/aromatic N) is 2. The Labute approximate surface area is 144 Å². The minimum Gasteiger partial charge on any atom is -0.255 e. The lowest BCUT2D eigenvalue weighted by Crippen LogP contribution is -1.81. The summed E-state index contributed by atoms with van der Waals surface area (Å²) in [5.41, 5.74) is 5.58. The van der Waals surface area contributed by atoms with Gasteiger partial charge in [0.25, 0.3) is 0 Å². The number of thiophene rings is 2. The summed E-state index contributed by atoms with van der Waals surface area (Å²) in [6.07, 6.45) is 3.88. The molecule has 0 aliphatic rings. The molecule has 0 aliphatic carbocycles. The Morgan fingerprint density at radius 2 is 1.35 bits per heavy atom. The molecule has 0 amide bonds. The Balaban J connectivity index is 1.85. The van der Waals surface area contributed by atoms with E-state index < -0.39 is 0 Å². The van der Waals surface area contributed by atoms with Crippen LogP contribution in [0.4, 0.5) is 11.4 Å². The van der Waals surface area contributed by atoms with Crippen LogP contribution in [0.1, 0.15) is 26.4 Å². The molecule has 0 bridgehead atoms.